The lowest BCUT2D eigenvalue weighted by Crippen LogP contribution is -2.04. The summed E-state index contributed by atoms with van der Waals surface area (Å²) in [6.07, 6.45) is 6.03. The Morgan fingerprint density at radius 3 is 3.06 bits per heavy atom. The number of hydrogen-bond acceptors (Lipinski definition) is 2. The zero-order chi connectivity index (χ0) is 12.5. The average molecular weight is 311 g/mol. The first-order valence-electron chi connectivity index (χ1n) is 5.82. The molecule has 2 aromatic rings. The molecule has 1 aromatic heterocycles. The summed E-state index contributed by atoms with van der Waals surface area (Å²) in [5, 5.41) is 0. The molecule has 94 valence electrons. The monoisotopic (exact) mass is 310 g/mol. The van der Waals surface area contributed by atoms with Crippen molar-refractivity contribution in [2.24, 2.45) is 0 Å². The zero-order valence-electron chi connectivity index (χ0n) is 9.64. The van der Waals surface area contributed by atoms with E-state index in [1.54, 1.807) is 12.3 Å². The molecule has 0 N–H and O–H groups in total. The standard InChI is InChI=1S/C13H12BrFN2O/c14-12-4-1-9(15)5-13(12)18-7-11-6-16-8-17(11)10-2-3-10/h1,4-6,8,10H,2-3,7H2. The van der Waals surface area contributed by atoms with Crippen molar-refractivity contribution in [2.45, 2.75) is 25.5 Å². The molecule has 1 fully saturated rings. The van der Waals surface area contributed by atoms with Gasteiger partial charge >= 0.3 is 0 Å². The van der Waals surface area contributed by atoms with Gasteiger partial charge in [-0.3, -0.25) is 0 Å². The molecular formula is C13H12BrFN2O. The highest BCUT2D eigenvalue weighted by atomic mass is 79.9. The van der Waals surface area contributed by atoms with E-state index >= 15 is 0 Å². The van der Waals surface area contributed by atoms with Crippen molar-refractivity contribution in [3.8, 4) is 5.75 Å². The second kappa shape index (κ2) is 4.72. The quantitative estimate of drug-likeness (QED) is 0.861. The van der Waals surface area contributed by atoms with E-state index in [4.69, 9.17) is 4.74 Å². The van der Waals surface area contributed by atoms with Crippen LogP contribution in [0, 0.1) is 5.82 Å². The second-order valence-electron chi connectivity index (χ2n) is 4.39. The van der Waals surface area contributed by atoms with Crippen LogP contribution in [0.3, 0.4) is 0 Å². The molecular weight excluding hydrogens is 299 g/mol. The number of nitrogens with zero attached hydrogens (tertiary/aromatic N) is 2. The molecule has 1 aromatic carbocycles. The minimum Gasteiger partial charge on any atom is -0.486 e. The van der Waals surface area contributed by atoms with E-state index in [1.807, 2.05) is 6.33 Å². The molecule has 3 rings (SSSR count). The largest absolute Gasteiger partial charge is 0.486 e. The molecule has 0 bridgehead atoms. The van der Waals surface area contributed by atoms with Gasteiger partial charge in [-0.05, 0) is 40.9 Å². The van der Waals surface area contributed by atoms with Crippen LogP contribution in [0.1, 0.15) is 24.6 Å². The number of ether oxygens (including phenoxy) is 1. The van der Waals surface area contributed by atoms with Crippen molar-refractivity contribution in [3.63, 3.8) is 0 Å². The van der Waals surface area contributed by atoms with Crippen LogP contribution in [0.15, 0.2) is 35.2 Å². The summed E-state index contributed by atoms with van der Waals surface area (Å²) in [6, 6.07) is 4.98. The predicted molar refractivity (Wildman–Crippen MR) is 68.9 cm³/mol. The van der Waals surface area contributed by atoms with Gasteiger partial charge in [0.05, 0.1) is 22.7 Å². The smallest absolute Gasteiger partial charge is 0.136 e. The van der Waals surface area contributed by atoms with Crippen molar-refractivity contribution in [1.29, 1.82) is 0 Å². The SMILES string of the molecule is Fc1ccc(Br)c(OCc2cncn2C2CC2)c1. The zero-order valence-corrected chi connectivity index (χ0v) is 11.2. The topological polar surface area (TPSA) is 27.1 Å². The Hall–Kier alpha value is -1.36. The van der Waals surface area contributed by atoms with E-state index in [2.05, 4.69) is 25.5 Å². The van der Waals surface area contributed by atoms with Crippen LogP contribution in [0.5, 0.6) is 5.75 Å². The predicted octanol–water partition coefficient (Wildman–Crippen LogP) is 3.70. The van der Waals surface area contributed by atoms with Crippen molar-refractivity contribution in [3.05, 3.63) is 46.7 Å². The van der Waals surface area contributed by atoms with Gasteiger partial charge in [0, 0.05) is 12.1 Å². The van der Waals surface area contributed by atoms with Crippen LogP contribution in [-0.2, 0) is 6.61 Å². The van der Waals surface area contributed by atoms with E-state index in [9.17, 15) is 4.39 Å². The molecule has 0 amide bonds. The maximum Gasteiger partial charge on any atom is 0.136 e. The Morgan fingerprint density at radius 2 is 2.28 bits per heavy atom. The Morgan fingerprint density at radius 1 is 1.44 bits per heavy atom. The summed E-state index contributed by atoms with van der Waals surface area (Å²) in [4.78, 5) is 4.13. The van der Waals surface area contributed by atoms with Crippen LogP contribution in [0.2, 0.25) is 0 Å². The molecule has 1 heterocycles. The number of rotatable bonds is 4. The number of aromatic nitrogens is 2. The van der Waals surface area contributed by atoms with Crippen LogP contribution >= 0.6 is 15.9 Å². The van der Waals surface area contributed by atoms with Gasteiger partial charge in [-0.15, -0.1) is 0 Å². The summed E-state index contributed by atoms with van der Waals surface area (Å²) in [7, 11) is 0. The van der Waals surface area contributed by atoms with Crippen molar-refractivity contribution in [1.82, 2.24) is 9.55 Å². The Balaban J connectivity index is 1.73. The maximum atomic E-state index is 13.1. The average Bonchev–Trinajstić information content (AvgIpc) is 3.10. The van der Waals surface area contributed by atoms with Crippen molar-refractivity contribution < 1.29 is 9.13 Å². The second-order valence-corrected chi connectivity index (χ2v) is 5.24. The van der Waals surface area contributed by atoms with E-state index in [-0.39, 0.29) is 5.82 Å². The summed E-state index contributed by atoms with van der Waals surface area (Å²) in [5.74, 6) is 0.211. The van der Waals surface area contributed by atoms with Gasteiger partial charge < -0.3 is 9.30 Å². The number of halogens is 2. The minimum absolute atomic E-state index is 0.302. The molecule has 0 saturated heterocycles. The summed E-state index contributed by atoms with van der Waals surface area (Å²) in [5.41, 5.74) is 1.02. The molecule has 1 aliphatic carbocycles. The Bertz CT molecular complexity index is 566. The molecule has 3 nitrogen and oxygen atoms in total. The first-order valence-corrected chi connectivity index (χ1v) is 6.62. The normalized spacial score (nSPS) is 14.8. The fourth-order valence-electron chi connectivity index (χ4n) is 1.86. The van der Waals surface area contributed by atoms with Crippen molar-refractivity contribution in [2.75, 3.05) is 0 Å². The molecule has 0 unspecified atom stereocenters. The van der Waals surface area contributed by atoms with Crippen LogP contribution in [0.25, 0.3) is 0 Å². The third-order valence-corrected chi connectivity index (χ3v) is 3.61. The van der Waals surface area contributed by atoms with Crippen LogP contribution in [-0.4, -0.2) is 9.55 Å². The number of imidazole rings is 1. The van der Waals surface area contributed by atoms with Crippen LogP contribution < -0.4 is 4.74 Å². The highest BCUT2D eigenvalue weighted by Crippen LogP contribution is 2.36. The van der Waals surface area contributed by atoms with E-state index < -0.39 is 0 Å². The molecule has 0 aliphatic heterocycles. The Kier molecular flexibility index (Phi) is 3.07. The molecule has 1 aliphatic rings. The molecule has 0 atom stereocenters. The lowest BCUT2D eigenvalue weighted by Gasteiger charge is -2.10. The van der Waals surface area contributed by atoms with Gasteiger partial charge in [-0.25, -0.2) is 9.37 Å². The molecule has 1 saturated carbocycles. The molecule has 0 spiro atoms. The van der Waals surface area contributed by atoms with Crippen LogP contribution in [0.4, 0.5) is 4.39 Å². The summed E-state index contributed by atoms with van der Waals surface area (Å²) < 4.78 is 21.6. The third kappa shape index (κ3) is 2.41. The Labute approximate surface area is 113 Å². The van der Waals surface area contributed by atoms with Gasteiger partial charge in [-0.2, -0.15) is 0 Å². The fourth-order valence-corrected chi connectivity index (χ4v) is 2.23. The molecule has 0 radical (unpaired) electrons. The lowest BCUT2D eigenvalue weighted by atomic mass is 10.3. The van der Waals surface area contributed by atoms with E-state index in [1.165, 1.54) is 25.0 Å². The molecule has 18 heavy (non-hydrogen) atoms. The van der Waals surface area contributed by atoms with E-state index in [0.717, 1.165) is 10.2 Å². The number of hydrogen-bond donors (Lipinski definition) is 0. The highest BCUT2D eigenvalue weighted by Gasteiger charge is 2.25. The molecule has 5 heteroatoms. The summed E-state index contributed by atoms with van der Waals surface area (Å²) in [6.45, 7) is 0.401. The van der Waals surface area contributed by atoms with Gasteiger partial charge in [0.15, 0.2) is 0 Å². The van der Waals surface area contributed by atoms with Gasteiger partial charge in [0.25, 0.3) is 0 Å². The lowest BCUT2D eigenvalue weighted by molar-refractivity contribution is 0.291. The van der Waals surface area contributed by atoms with Gasteiger partial charge in [0.2, 0.25) is 0 Å². The minimum atomic E-state index is -0.302. The maximum absolute atomic E-state index is 13.1. The van der Waals surface area contributed by atoms with Gasteiger partial charge in [-0.1, -0.05) is 0 Å². The van der Waals surface area contributed by atoms with Crippen molar-refractivity contribution >= 4 is 15.9 Å². The highest BCUT2D eigenvalue weighted by molar-refractivity contribution is 9.10. The first-order chi connectivity index (χ1) is 8.74. The number of benzene rings is 1. The fraction of sp³-hybridized carbons (Fsp3) is 0.308. The first kappa shape index (κ1) is 11.7. The third-order valence-electron chi connectivity index (χ3n) is 2.96. The summed E-state index contributed by atoms with van der Waals surface area (Å²) >= 11 is 3.34. The van der Waals surface area contributed by atoms with E-state index in [0.29, 0.717) is 18.4 Å². The van der Waals surface area contributed by atoms with Gasteiger partial charge in [0.1, 0.15) is 18.2 Å².